The number of fused-ring (bicyclic) bond motifs is 1. The first-order valence-corrected chi connectivity index (χ1v) is 8.64. The van der Waals surface area contributed by atoms with Gasteiger partial charge in [-0.3, -0.25) is 4.90 Å². The van der Waals surface area contributed by atoms with Crippen molar-refractivity contribution in [3.63, 3.8) is 0 Å². The molecule has 1 atom stereocenters. The molecule has 0 spiro atoms. The lowest BCUT2D eigenvalue weighted by atomic mass is 9.98. The number of benzene rings is 1. The number of rotatable bonds is 4. The van der Waals surface area contributed by atoms with E-state index in [0.717, 1.165) is 48.1 Å². The van der Waals surface area contributed by atoms with E-state index in [0.29, 0.717) is 12.8 Å². The Hall–Kier alpha value is -0.200. The first kappa shape index (κ1) is 19.1. The third-order valence-corrected chi connectivity index (χ3v) is 5.38. The fourth-order valence-corrected chi connectivity index (χ4v) is 3.91. The van der Waals surface area contributed by atoms with Gasteiger partial charge in [0.25, 0.3) is 0 Å². The molecule has 0 unspecified atom stereocenters. The second-order valence-electron chi connectivity index (χ2n) is 6.21. The smallest absolute Gasteiger partial charge is 0.231 e. The highest BCUT2D eigenvalue weighted by atomic mass is 79.9. The molecule has 1 N–H and O–H groups in total. The Balaban J connectivity index is 0.000000960. The van der Waals surface area contributed by atoms with Crippen LogP contribution in [0.25, 0.3) is 0 Å². The lowest BCUT2D eigenvalue weighted by Crippen LogP contribution is -2.45. The highest BCUT2D eigenvalue weighted by Gasteiger charge is 2.32. The third kappa shape index (κ3) is 4.26. The summed E-state index contributed by atoms with van der Waals surface area (Å²) < 4.78 is 12.2. The van der Waals surface area contributed by atoms with Crippen molar-refractivity contribution in [3.8, 4) is 11.5 Å². The van der Waals surface area contributed by atoms with Gasteiger partial charge >= 0.3 is 0 Å². The Kier molecular flexibility index (Phi) is 6.87. The number of piperazine rings is 1. The predicted octanol–water partition coefficient (Wildman–Crippen LogP) is 3.77. The molecule has 2 fully saturated rings. The molecule has 1 aromatic rings. The summed E-state index contributed by atoms with van der Waals surface area (Å²) in [4.78, 5) is 2.62. The van der Waals surface area contributed by atoms with Crippen molar-refractivity contribution in [1.82, 2.24) is 10.2 Å². The van der Waals surface area contributed by atoms with E-state index in [4.69, 9.17) is 9.47 Å². The second-order valence-corrected chi connectivity index (χ2v) is 7.06. The number of halogens is 3. The van der Waals surface area contributed by atoms with E-state index in [1.807, 2.05) is 0 Å². The van der Waals surface area contributed by atoms with E-state index < -0.39 is 0 Å². The molecule has 1 aromatic carbocycles. The molecule has 4 nitrogen and oxygen atoms in total. The molecule has 0 bridgehead atoms. The number of hydrogen-bond acceptors (Lipinski definition) is 4. The molecule has 7 heteroatoms. The molecule has 23 heavy (non-hydrogen) atoms. The van der Waals surface area contributed by atoms with Gasteiger partial charge in [0.15, 0.2) is 11.5 Å². The monoisotopic (exact) mass is 424 g/mol. The van der Waals surface area contributed by atoms with E-state index in [-0.39, 0.29) is 24.8 Å². The first-order valence-electron chi connectivity index (χ1n) is 7.85. The van der Waals surface area contributed by atoms with Crippen molar-refractivity contribution in [2.24, 2.45) is 5.92 Å². The number of nitrogens with one attached hydrogen (secondary N) is 1. The largest absolute Gasteiger partial charge is 0.454 e. The summed E-state index contributed by atoms with van der Waals surface area (Å²) in [5.41, 5.74) is 1.35. The van der Waals surface area contributed by atoms with Crippen LogP contribution in [0.1, 0.15) is 30.9 Å². The Labute approximate surface area is 158 Å². The van der Waals surface area contributed by atoms with E-state index in [9.17, 15) is 0 Å². The average Bonchev–Trinajstić information content (AvgIpc) is 3.22. The maximum Gasteiger partial charge on any atom is 0.231 e. The Morgan fingerprint density at radius 1 is 1.13 bits per heavy atom. The lowest BCUT2D eigenvalue weighted by molar-refractivity contribution is 0.159. The predicted molar refractivity (Wildman–Crippen MR) is 99.3 cm³/mol. The summed E-state index contributed by atoms with van der Waals surface area (Å²) in [6.45, 7) is 4.76. The summed E-state index contributed by atoms with van der Waals surface area (Å²) in [5.74, 6) is 2.66. The Morgan fingerprint density at radius 2 is 1.78 bits per heavy atom. The zero-order valence-electron chi connectivity index (χ0n) is 12.9. The van der Waals surface area contributed by atoms with Crippen molar-refractivity contribution in [2.45, 2.75) is 25.3 Å². The second kappa shape index (κ2) is 8.26. The van der Waals surface area contributed by atoms with Crippen molar-refractivity contribution in [2.75, 3.05) is 33.0 Å². The van der Waals surface area contributed by atoms with Crippen molar-refractivity contribution in [1.29, 1.82) is 0 Å². The van der Waals surface area contributed by atoms with Crippen LogP contribution in [0.15, 0.2) is 16.6 Å². The van der Waals surface area contributed by atoms with Gasteiger partial charge in [0.1, 0.15) is 0 Å². The Bertz CT molecular complexity index is 537. The minimum atomic E-state index is 0. The van der Waals surface area contributed by atoms with Gasteiger partial charge in [0.2, 0.25) is 6.79 Å². The lowest BCUT2D eigenvalue weighted by Gasteiger charge is -2.36. The zero-order chi connectivity index (χ0) is 14.2. The molecule has 0 radical (unpaired) electrons. The summed E-state index contributed by atoms with van der Waals surface area (Å²) in [5, 5.41) is 3.45. The molecular weight excluding hydrogens is 403 g/mol. The fraction of sp³-hybridized carbons (Fsp3) is 0.625. The maximum atomic E-state index is 5.58. The van der Waals surface area contributed by atoms with Crippen molar-refractivity contribution in [3.05, 3.63) is 22.2 Å². The zero-order valence-corrected chi connectivity index (χ0v) is 16.1. The number of hydrogen-bond donors (Lipinski definition) is 1. The molecule has 2 aliphatic heterocycles. The topological polar surface area (TPSA) is 33.7 Å². The third-order valence-electron chi connectivity index (χ3n) is 4.70. The van der Waals surface area contributed by atoms with Crippen LogP contribution in [0.2, 0.25) is 0 Å². The highest BCUT2D eigenvalue weighted by Crippen LogP contribution is 2.45. The summed E-state index contributed by atoms with van der Waals surface area (Å²) in [7, 11) is 0. The molecule has 1 saturated carbocycles. The highest BCUT2D eigenvalue weighted by molar-refractivity contribution is 9.10. The molecule has 130 valence electrons. The van der Waals surface area contributed by atoms with Gasteiger partial charge < -0.3 is 14.8 Å². The minimum Gasteiger partial charge on any atom is -0.454 e. The van der Waals surface area contributed by atoms with Gasteiger partial charge in [-0.2, -0.15) is 0 Å². The molecule has 2 heterocycles. The molecule has 3 aliphatic rings. The van der Waals surface area contributed by atoms with Crippen LogP contribution in [-0.2, 0) is 0 Å². The number of ether oxygens (including phenoxy) is 2. The SMILES string of the molecule is Brc1cc2c(cc1[C@H](CC1CC1)N1CCNCC1)OCO2.Cl.Cl. The van der Waals surface area contributed by atoms with Gasteiger partial charge in [-0.25, -0.2) is 0 Å². The van der Waals surface area contributed by atoms with Crippen LogP contribution in [0.5, 0.6) is 11.5 Å². The standard InChI is InChI=1S/C16H21BrN2O2.2ClH/c17-13-9-16-15(20-10-21-16)8-12(13)14(7-11-1-2-11)19-5-3-18-4-6-19;;/h8-9,11,14,18H,1-7,10H2;2*1H/t14-;;/m0../s1. The van der Waals surface area contributed by atoms with Gasteiger partial charge in [0, 0.05) is 36.7 Å². The van der Waals surface area contributed by atoms with Crippen LogP contribution in [0, 0.1) is 5.92 Å². The minimum absolute atomic E-state index is 0. The molecular formula is C16H23BrCl2N2O2. The van der Waals surface area contributed by atoms with Gasteiger partial charge in [0.05, 0.1) is 0 Å². The molecule has 4 rings (SSSR count). The van der Waals surface area contributed by atoms with E-state index in [1.165, 1.54) is 24.8 Å². The van der Waals surface area contributed by atoms with Crippen LogP contribution in [0.4, 0.5) is 0 Å². The van der Waals surface area contributed by atoms with Crippen LogP contribution < -0.4 is 14.8 Å². The van der Waals surface area contributed by atoms with E-state index >= 15 is 0 Å². The van der Waals surface area contributed by atoms with Gasteiger partial charge in [-0.15, -0.1) is 24.8 Å². The van der Waals surface area contributed by atoms with Gasteiger partial charge in [-0.1, -0.05) is 28.8 Å². The first-order chi connectivity index (χ1) is 10.3. The molecule has 1 saturated heterocycles. The van der Waals surface area contributed by atoms with Crippen LogP contribution in [-0.4, -0.2) is 37.9 Å². The quantitative estimate of drug-likeness (QED) is 0.795. The summed E-state index contributed by atoms with van der Waals surface area (Å²) in [6, 6.07) is 4.74. The average molecular weight is 426 g/mol. The van der Waals surface area contributed by atoms with Crippen LogP contribution >= 0.6 is 40.7 Å². The normalized spacial score (nSPS) is 21.3. The molecule has 0 amide bonds. The van der Waals surface area contributed by atoms with Crippen LogP contribution in [0.3, 0.4) is 0 Å². The maximum absolute atomic E-state index is 5.58. The Morgan fingerprint density at radius 3 is 2.43 bits per heavy atom. The van der Waals surface area contributed by atoms with Crippen molar-refractivity contribution < 1.29 is 9.47 Å². The fourth-order valence-electron chi connectivity index (χ4n) is 3.32. The van der Waals surface area contributed by atoms with E-state index in [1.54, 1.807) is 0 Å². The van der Waals surface area contributed by atoms with Gasteiger partial charge in [-0.05, 0) is 30.0 Å². The summed E-state index contributed by atoms with van der Waals surface area (Å²) >= 11 is 3.75. The molecule has 1 aliphatic carbocycles. The molecule has 0 aromatic heterocycles. The van der Waals surface area contributed by atoms with Crippen molar-refractivity contribution >= 4 is 40.7 Å². The summed E-state index contributed by atoms with van der Waals surface area (Å²) in [6.07, 6.45) is 4.05. The number of nitrogens with zero attached hydrogens (tertiary/aromatic N) is 1. The van der Waals surface area contributed by atoms with E-state index in [2.05, 4.69) is 38.3 Å².